The molecule has 0 N–H and O–H groups in total. The number of ketones is 1. The van der Waals surface area contributed by atoms with E-state index in [1.54, 1.807) is 30.1 Å². The second kappa shape index (κ2) is 5.98. The minimum Gasteiger partial charge on any atom is -0.365 e. The van der Waals surface area contributed by atoms with E-state index >= 15 is 0 Å². The first-order valence-electron chi connectivity index (χ1n) is 6.67. The van der Waals surface area contributed by atoms with Gasteiger partial charge in [0.15, 0.2) is 5.78 Å². The van der Waals surface area contributed by atoms with Gasteiger partial charge in [-0.25, -0.2) is 4.39 Å². The third-order valence-electron chi connectivity index (χ3n) is 3.72. The third kappa shape index (κ3) is 3.09. The van der Waals surface area contributed by atoms with Crippen LogP contribution in [0.3, 0.4) is 0 Å². The molecular formula is C15H20FNO. The van der Waals surface area contributed by atoms with Gasteiger partial charge in [-0.15, -0.1) is 0 Å². The highest BCUT2D eigenvalue weighted by atomic mass is 19.1. The largest absolute Gasteiger partial charge is 0.365 e. The summed E-state index contributed by atoms with van der Waals surface area (Å²) in [5, 5.41) is 0. The van der Waals surface area contributed by atoms with Crippen molar-refractivity contribution in [3.05, 3.63) is 30.1 Å². The Balaban J connectivity index is 1.96. The van der Waals surface area contributed by atoms with E-state index in [9.17, 15) is 9.18 Å². The topological polar surface area (TPSA) is 20.3 Å². The summed E-state index contributed by atoms with van der Waals surface area (Å²) in [6.07, 6.45) is 5.56. The van der Waals surface area contributed by atoms with E-state index in [0.717, 1.165) is 25.7 Å². The first kappa shape index (κ1) is 13.1. The molecule has 0 bridgehead atoms. The molecule has 0 unspecified atom stereocenters. The molecule has 2 nitrogen and oxygen atoms in total. The fraction of sp³-hybridized carbons (Fsp3) is 0.533. The number of likely N-dealkylation sites (N-methyl/N-ethyl adjacent to an activating group) is 1. The molecule has 0 aromatic heterocycles. The molecule has 0 atom stereocenters. The number of hydrogen-bond donors (Lipinski definition) is 0. The number of hydrogen-bond acceptors (Lipinski definition) is 2. The maximum absolute atomic E-state index is 13.6. The summed E-state index contributed by atoms with van der Waals surface area (Å²) in [6, 6.07) is 6.59. The van der Waals surface area contributed by atoms with Crippen LogP contribution < -0.4 is 4.90 Å². The maximum atomic E-state index is 13.6. The highest BCUT2D eigenvalue weighted by molar-refractivity contribution is 5.85. The van der Waals surface area contributed by atoms with Crippen molar-refractivity contribution in [1.29, 1.82) is 0 Å². The van der Waals surface area contributed by atoms with Crippen molar-refractivity contribution in [2.24, 2.45) is 5.92 Å². The van der Waals surface area contributed by atoms with Gasteiger partial charge in [0, 0.05) is 13.0 Å². The number of Topliss-reactive ketones (excluding diaryl/α,β-unsaturated/α-hetero) is 1. The van der Waals surface area contributed by atoms with E-state index < -0.39 is 0 Å². The summed E-state index contributed by atoms with van der Waals surface area (Å²) in [4.78, 5) is 13.8. The van der Waals surface area contributed by atoms with Gasteiger partial charge in [-0.2, -0.15) is 0 Å². The predicted octanol–water partition coefficient (Wildman–Crippen LogP) is 3.41. The molecule has 0 saturated heterocycles. The zero-order valence-electron chi connectivity index (χ0n) is 10.9. The lowest BCUT2D eigenvalue weighted by Crippen LogP contribution is -2.31. The Labute approximate surface area is 108 Å². The van der Waals surface area contributed by atoms with Gasteiger partial charge >= 0.3 is 0 Å². The van der Waals surface area contributed by atoms with Crippen molar-refractivity contribution >= 4 is 11.5 Å². The Morgan fingerprint density at radius 3 is 2.61 bits per heavy atom. The molecular weight excluding hydrogens is 229 g/mol. The quantitative estimate of drug-likeness (QED) is 0.815. The summed E-state index contributed by atoms with van der Waals surface area (Å²) in [7, 11) is 1.78. The fourth-order valence-corrected chi connectivity index (χ4v) is 2.63. The highest BCUT2D eigenvalue weighted by Crippen LogP contribution is 2.25. The molecule has 98 valence electrons. The van der Waals surface area contributed by atoms with Crippen molar-refractivity contribution in [2.45, 2.75) is 32.1 Å². The Morgan fingerprint density at radius 1 is 1.28 bits per heavy atom. The van der Waals surface area contributed by atoms with Crippen LogP contribution in [0.25, 0.3) is 0 Å². The summed E-state index contributed by atoms with van der Waals surface area (Å²) in [5.74, 6) is 0.171. The Morgan fingerprint density at radius 2 is 1.94 bits per heavy atom. The van der Waals surface area contributed by atoms with Gasteiger partial charge in [0.25, 0.3) is 0 Å². The normalized spacial score (nSPS) is 16.6. The SMILES string of the molecule is CN(CC(=O)C1CCCCC1)c1ccccc1F. The fourth-order valence-electron chi connectivity index (χ4n) is 2.63. The summed E-state index contributed by atoms with van der Waals surface area (Å²) in [6.45, 7) is 0.311. The molecule has 1 aromatic carbocycles. The zero-order chi connectivity index (χ0) is 13.0. The molecule has 1 aliphatic rings. The van der Waals surface area contributed by atoms with E-state index in [4.69, 9.17) is 0 Å². The van der Waals surface area contributed by atoms with Gasteiger partial charge in [0.1, 0.15) is 5.82 Å². The van der Waals surface area contributed by atoms with Gasteiger partial charge in [0.2, 0.25) is 0 Å². The van der Waals surface area contributed by atoms with Crippen molar-refractivity contribution in [3.8, 4) is 0 Å². The molecule has 1 fully saturated rings. The van der Waals surface area contributed by atoms with Crippen LogP contribution in [-0.4, -0.2) is 19.4 Å². The van der Waals surface area contributed by atoms with Crippen LogP contribution in [-0.2, 0) is 4.79 Å². The van der Waals surface area contributed by atoms with E-state index in [-0.39, 0.29) is 17.5 Å². The third-order valence-corrected chi connectivity index (χ3v) is 3.72. The van der Waals surface area contributed by atoms with Crippen LogP contribution in [0, 0.1) is 11.7 Å². The highest BCUT2D eigenvalue weighted by Gasteiger charge is 2.22. The number of carbonyl (C=O) groups is 1. The average molecular weight is 249 g/mol. The lowest BCUT2D eigenvalue weighted by Gasteiger charge is -2.24. The first-order valence-corrected chi connectivity index (χ1v) is 6.67. The van der Waals surface area contributed by atoms with E-state index in [2.05, 4.69) is 0 Å². The van der Waals surface area contributed by atoms with E-state index in [1.165, 1.54) is 12.5 Å². The molecule has 0 radical (unpaired) electrons. The van der Waals surface area contributed by atoms with Gasteiger partial charge in [-0.1, -0.05) is 31.4 Å². The lowest BCUT2D eigenvalue weighted by molar-refractivity contribution is -0.122. The van der Waals surface area contributed by atoms with E-state index in [0.29, 0.717) is 12.2 Å². The zero-order valence-corrected chi connectivity index (χ0v) is 10.9. The van der Waals surface area contributed by atoms with E-state index in [1.807, 2.05) is 0 Å². The maximum Gasteiger partial charge on any atom is 0.155 e. The van der Waals surface area contributed by atoms with Gasteiger partial charge < -0.3 is 4.90 Å². The van der Waals surface area contributed by atoms with Crippen molar-refractivity contribution < 1.29 is 9.18 Å². The number of nitrogens with zero attached hydrogens (tertiary/aromatic N) is 1. The molecule has 3 heteroatoms. The predicted molar refractivity (Wildman–Crippen MR) is 71.3 cm³/mol. The molecule has 1 aliphatic carbocycles. The molecule has 0 aliphatic heterocycles. The van der Waals surface area contributed by atoms with Gasteiger partial charge in [0.05, 0.1) is 12.2 Å². The van der Waals surface area contributed by atoms with Crippen LogP contribution >= 0.6 is 0 Å². The summed E-state index contributed by atoms with van der Waals surface area (Å²) < 4.78 is 13.6. The van der Waals surface area contributed by atoms with Crippen molar-refractivity contribution in [3.63, 3.8) is 0 Å². The Hall–Kier alpha value is -1.38. The number of anilines is 1. The monoisotopic (exact) mass is 249 g/mol. The second-order valence-corrected chi connectivity index (χ2v) is 5.11. The van der Waals surface area contributed by atoms with Gasteiger partial charge in [-0.3, -0.25) is 4.79 Å². The van der Waals surface area contributed by atoms with Crippen LogP contribution in [0.15, 0.2) is 24.3 Å². The van der Waals surface area contributed by atoms with Crippen molar-refractivity contribution in [1.82, 2.24) is 0 Å². The van der Waals surface area contributed by atoms with Crippen LogP contribution in [0.5, 0.6) is 0 Å². The second-order valence-electron chi connectivity index (χ2n) is 5.11. The number of benzene rings is 1. The molecule has 2 rings (SSSR count). The Bertz CT molecular complexity index is 413. The van der Waals surface area contributed by atoms with Gasteiger partial charge in [-0.05, 0) is 25.0 Å². The molecule has 0 spiro atoms. The summed E-state index contributed by atoms with van der Waals surface area (Å²) >= 11 is 0. The number of para-hydroxylation sites is 1. The first-order chi connectivity index (χ1) is 8.68. The van der Waals surface area contributed by atoms with Crippen LogP contribution in [0.1, 0.15) is 32.1 Å². The number of halogens is 1. The smallest absolute Gasteiger partial charge is 0.155 e. The number of carbonyl (C=O) groups excluding carboxylic acids is 1. The number of rotatable bonds is 4. The van der Waals surface area contributed by atoms with Crippen molar-refractivity contribution in [2.75, 3.05) is 18.5 Å². The molecule has 1 saturated carbocycles. The minimum atomic E-state index is -0.267. The summed E-state index contributed by atoms with van der Waals surface area (Å²) in [5.41, 5.74) is 0.502. The van der Waals surface area contributed by atoms with Crippen LogP contribution in [0.4, 0.5) is 10.1 Å². The molecule has 1 aromatic rings. The Kier molecular flexibility index (Phi) is 4.34. The lowest BCUT2D eigenvalue weighted by atomic mass is 9.86. The van der Waals surface area contributed by atoms with Crippen LogP contribution in [0.2, 0.25) is 0 Å². The average Bonchev–Trinajstić information content (AvgIpc) is 2.40. The molecule has 0 heterocycles. The molecule has 0 amide bonds. The minimum absolute atomic E-state index is 0.188. The molecule has 18 heavy (non-hydrogen) atoms. The standard InChI is InChI=1S/C15H20FNO/c1-17(14-10-6-5-9-13(14)16)11-15(18)12-7-3-2-4-8-12/h5-6,9-10,12H,2-4,7-8,11H2,1H3.